The first-order valence-corrected chi connectivity index (χ1v) is 30.3. The van der Waals surface area contributed by atoms with Crippen molar-refractivity contribution < 1.29 is 0 Å². The van der Waals surface area contributed by atoms with Crippen LogP contribution >= 0.6 is 0 Å². The van der Waals surface area contributed by atoms with Gasteiger partial charge in [0.1, 0.15) is 23.1 Å². The van der Waals surface area contributed by atoms with E-state index in [1.165, 1.54) is 76.7 Å². The maximum atomic E-state index is 12.9. The third-order valence-corrected chi connectivity index (χ3v) is 20.4. The lowest BCUT2D eigenvalue weighted by Crippen LogP contribution is -2.45. The maximum Gasteiger partial charge on any atom is 0.331 e. The molecule has 16 nitrogen and oxygen atoms in total. The van der Waals surface area contributed by atoms with Crippen molar-refractivity contribution in [2.45, 2.75) is 114 Å². The van der Waals surface area contributed by atoms with Gasteiger partial charge in [0.05, 0.1) is 67.2 Å². The first-order chi connectivity index (χ1) is 40.4. The minimum atomic E-state index is -0.132. The molecule has 0 bridgehead atoms. The van der Waals surface area contributed by atoms with Crippen molar-refractivity contribution in [2.75, 3.05) is 39.3 Å². The van der Waals surface area contributed by atoms with Gasteiger partial charge in [-0.15, -0.1) is 0 Å². The van der Waals surface area contributed by atoms with E-state index in [1.807, 2.05) is 30.5 Å². The molecule has 16 heteroatoms. The van der Waals surface area contributed by atoms with Crippen LogP contribution in [0.15, 0.2) is 133 Å². The molecule has 18 rings (SSSR count). The zero-order chi connectivity index (χ0) is 53.7. The summed E-state index contributed by atoms with van der Waals surface area (Å²) in [6.45, 7) is 9.23. The molecular formula is C66H65N15O. The number of hydrogen-bond donors (Lipinski definition) is 1. The Morgan fingerprint density at radius 2 is 1.04 bits per heavy atom. The zero-order valence-corrected chi connectivity index (χ0v) is 46.1. The first kappa shape index (κ1) is 47.5. The molecule has 6 aliphatic rings. The number of para-hydroxylation sites is 2. The van der Waals surface area contributed by atoms with E-state index in [9.17, 15) is 4.79 Å². The maximum absolute atomic E-state index is 12.9. The number of fused-ring (bicyclic) bond motifs is 12. The topological polar surface area (TPSA) is 137 Å². The fourth-order valence-corrected chi connectivity index (χ4v) is 15.5. The van der Waals surface area contributed by atoms with Crippen molar-refractivity contribution >= 4 is 66.1 Å². The number of benzene rings is 5. The lowest BCUT2D eigenvalue weighted by Gasteiger charge is -2.43. The third-order valence-electron chi connectivity index (χ3n) is 20.4. The molecule has 5 aromatic carbocycles. The quantitative estimate of drug-likeness (QED) is 0.158. The largest absolute Gasteiger partial charge is 0.331 e. The molecule has 3 aliphatic heterocycles. The van der Waals surface area contributed by atoms with Crippen LogP contribution in [0.2, 0.25) is 0 Å². The monoisotopic (exact) mass is 1080 g/mol. The Kier molecular flexibility index (Phi) is 10.7. The smallest absolute Gasteiger partial charge is 0.327 e. The molecular weight excluding hydrogens is 1020 g/mol. The molecule has 3 aliphatic carbocycles. The Hall–Kier alpha value is -8.18. The lowest BCUT2D eigenvalue weighted by atomic mass is 9.75. The Labute approximate surface area is 473 Å². The Morgan fingerprint density at radius 1 is 0.476 bits per heavy atom. The SMILES string of the molecule is O=c1[nH]c2ccccc2n1-c1ccc2c(c1)nc1n2CCN(C2CC(c3cnc4c(ccn4-c4ccc5c(c4)nc4n5CCN(C5CC(c6ccc7c(cnn7-c7ccc8c(c7)nc7n8CCN(C8CCC8)CC7)c6)C5)CC4)c3)C2)CC1. The van der Waals surface area contributed by atoms with E-state index < -0.39 is 0 Å². The molecule has 3 fully saturated rings. The van der Waals surface area contributed by atoms with Gasteiger partial charge in [0.15, 0.2) is 0 Å². The van der Waals surface area contributed by atoms with Gasteiger partial charge in [0.25, 0.3) is 0 Å². The highest BCUT2D eigenvalue weighted by atomic mass is 16.1. The molecule has 0 saturated heterocycles. The molecule has 410 valence electrons. The number of pyridine rings is 1. The van der Waals surface area contributed by atoms with Crippen LogP contribution in [0.4, 0.5) is 0 Å². The summed E-state index contributed by atoms with van der Waals surface area (Å²) < 4.78 is 13.4. The predicted molar refractivity (Wildman–Crippen MR) is 321 cm³/mol. The number of aromatic nitrogens is 12. The van der Waals surface area contributed by atoms with Gasteiger partial charge in [-0.3, -0.25) is 19.3 Å². The van der Waals surface area contributed by atoms with Gasteiger partial charge < -0.3 is 23.3 Å². The Morgan fingerprint density at radius 3 is 1.68 bits per heavy atom. The molecule has 0 atom stereocenters. The highest BCUT2D eigenvalue weighted by Crippen LogP contribution is 2.43. The second-order valence-electron chi connectivity index (χ2n) is 24.7. The van der Waals surface area contributed by atoms with Crippen LogP contribution in [-0.4, -0.2) is 130 Å². The second kappa shape index (κ2) is 18.4. The summed E-state index contributed by atoms with van der Waals surface area (Å²) in [7, 11) is 0. The van der Waals surface area contributed by atoms with Gasteiger partial charge in [-0.05, 0) is 152 Å². The number of nitrogens with zero attached hydrogens (tertiary/aromatic N) is 14. The molecule has 0 unspecified atom stereocenters. The van der Waals surface area contributed by atoms with E-state index in [2.05, 4.69) is 140 Å². The fraction of sp³-hybridized carbons (Fsp3) is 0.364. The van der Waals surface area contributed by atoms with E-state index >= 15 is 0 Å². The number of aromatic amines is 1. The molecule has 1 N–H and O–H groups in total. The van der Waals surface area contributed by atoms with Crippen molar-refractivity contribution in [1.82, 2.24) is 72.2 Å². The van der Waals surface area contributed by atoms with Crippen molar-refractivity contribution in [1.29, 1.82) is 0 Å². The molecule has 82 heavy (non-hydrogen) atoms. The van der Waals surface area contributed by atoms with Gasteiger partial charge >= 0.3 is 5.69 Å². The Bertz CT molecular complexity index is 4580. The van der Waals surface area contributed by atoms with E-state index in [-0.39, 0.29) is 5.69 Å². The predicted octanol–water partition coefficient (Wildman–Crippen LogP) is 10.1. The summed E-state index contributed by atoms with van der Waals surface area (Å²) >= 11 is 0. The van der Waals surface area contributed by atoms with Crippen LogP contribution in [0.3, 0.4) is 0 Å². The van der Waals surface area contributed by atoms with E-state index in [4.69, 9.17) is 25.0 Å². The van der Waals surface area contributed by atoms with Crippen molar-refractivity contribution in [3.63, 3.8) is 0 Å². The number of nitrogens with one attached hydrogen (secondary N) is 1. The normalized spacial score (nSPS) is 22.0. The summed E-state index contributed by atoms with van der Waals surface area (Å²) in [5.74, 6) is 4.63. The summed E-state index contributed by atoms with van der Waals surface area (Å²) in [4.78, 5) is 44.7. The minimum absolute atomic E-state index is 0.132. The van der Waals surface area contributed by atoms with E-state index in [0.717, 1.165) is 164 Å². The van der Waals surface area contributed by atoms with Crippen LogP contribution in [0, 0.1) is 0 Å². The Balaban J connectivity index is 0.493. The molecule has 12 aromatic rings. The van der Waals surface area contributed by atoms with Crippen molar-refractivity contribution in [3.8, 4) is 17.1 Å². The van der Waals surface area contributed by atoms with Crippen LogP contribution in [0.25, 0.3) is 83.1 Å². The van der Waals surface area contributed by atoms with Gasteiger partial charge in [-0.25, -0.2) is 29.4 Å². The molecule has 7 aromatic heterocycles. The lowest BCUT2D eigenvalue weighted by molar-refractivity contribution is 0.111. The van der Waals surface area contributed by atoms with Crippen LogP contribution < -0.4 is 5.69 Å². The average molecular weight is 1080 g/mol. The molecule has 3 saturated carbocycles. The number of imidazole rings is 4. The van der Waals surface area contributed by atoms with Gasteiger partial charge in [-0.2, -0.15) is 5.10 Å². The molecule has 0 radical (unpaired) electrons. The first-order valence-electron chi connectivity index (χ1n) is 30.3. The highest BCUT2D eigenvalue weighted by molar-refractivity contribution is 5.86. The summed E-state index contributed by atoms with van der Waals surface area (Å²) in [6, 6.07) is 41.2. The fourth-order valence-electron chi connectivity index (χ4n) is 15.5. The number of H-pyrrole nitrogens is 1. The minimum Gasteiger partial charge on any atom is -0.327 e. The highest BCUT2D eigenvalue weighted by Gasteiger charge is 2.38. The van der Waals surface area contributed by atoms with Gasteiger partial charge in [0, 0.05) is 125 Å². The number of rotatable bonds is 8. The van der Waals surface area contributed by atoms with Gasteiger partial charge in [0.2, 0.25) is 0 Å². The van der Waals surface area contributed by atoms with Crippen molar-refractivity contribution in [2.24, 2.45) is 0 Å². The molecule has 0 amide bonds. The second-order valence-corrected chi connectivity index (χ2v) is 24.7. The third kappa shape index (κ3) is 7.59. The summed E-state index contributed by atoms with van der Waals surface area (Å²) in [5, 5.41) is 7.31. The van der Waals surface area contributed by atoms with Gasteiger partial charge in [-0.1, -0.05) is 24.6 Å². The van der Waals surface area contributed by atoms with E-state index in [0.29, 0.717) is 23.9 Å². The zero-order valence-electron chi connectivity index (χ0n) is 46.1. The number of hydrogen-bond acceptors (Lipinski definition) is 9. The standard InChI is InChI=1S/C66H65N15O/c82-66-72-53-6-1-2-7-61(53)80(66)49-10-14-59-55(37-49)70-64-19-22-75(26-29-79(59)64)52-34-44(35-52)45-31-42-16-23-76(65(42)67-39-45)48-9-13-58-54(36-48)69-63-18-21-74(25-28-78(58)63)51-32-43(33-51)41-8-12-57-46(30-41)40-68-81(57)50-11-15-60-56(38-50)71-62-17-20-73(24-27-77(60)62)47-4-3-5-47/h1-2,6-16,23,30-31,36-40,43-44,47,51-52H,3-5,17-22,24-29,32-35H2,(H,72,82). The summed E-state index contributed by atoms with van der Waals surface area (Å²) in [5.41, 5.74) is 16.2. The molecule has 0 spiro atoms. The summed E-state index contributed by atoms with van der Waals surface area (Å²) in [6.07, 6.45) is 18.0. The van der Waals surface area contributed by atoms with Crippen LogP contribution in [0.1, 0.15) is 85.4 Å². The van der Waals surface area contributed by atoms with Crippen LogP contribution in [0.5, 0.6) is 0 Å². The van der Waals surface area contributed by atoms with Crippen molar-refractivity contribution in [3.05, 3.63) is 167 Å². The molecule has 10 heterocycles. The van der Waals surface area contributed by atoms with E-state index in [1.54, 1.807) is 4.57 Å². The van der Waals surface area contributed by atoms with Crippen LogP contribution in [-0.2, 0) is 38.9 Å². The average Bonchev–Trinajstić information content (AvgIpc) is 4.45.